The summed E-state index contributed by atoms with van der Waals surface area (Å²) < 4.78 is 2.03. The fourth-order valence-corrected chi connectivity index (χ4v) is 4.78. The van der Waals surface area contributed by atoms with Crippen molar-refractivity contribution in [3.63, 3.8) is 0 Å². The van der Waals surface area contributed by atoms with Gasteiger partial charge in [-0.2, -0.15) is 0 Å². The van der Waals surface area contributed by atoms with Crippen molar-refractivity contribution in [1.29, 1.82) is 0 Å². The molecule has 0 radical (unpaired) electrons. The van der Waals surface area contributed by atoms with Gasteiger partial charge in [-0.05, 0) is 68.4 Å². The third-order valence-corrected chi connectivity index (χ3v) is 6.49. The third-order valence-electron chi connectivity index (χ3n) is 6.12. The Morgan fingerprint density at radius 3 is 2.79 bits per heavy atom. The Morgan fingerprint density at radius 1 is 1.21 bits per heavy atom. The highest BCUT2D eigenvalue weighted by atomic mass is 35.5. The van der Waals surface area contributed by atoms with Gasteiger partial charge in [-0.1, -0.05) is 17.7 Å². The van der Waals surface area contributed by atoms with Crippen LogP contribution in [0, 0.1) is 5.92 Å². The molecule has 2 aliphatic rings. The molecule has 5 rings (SSSR count). The third kappa shape index (κ3) is 2.88. The maximum Gasteiger partial charge on any atom is 0.180 e. The maximum absolute atomic E-state index is 9.44. The molecule has 1 aliphatic heterocycles. The van der Waals surface area contributed by atoms with Gasteiger partial charge in [0.25, 0.3) is 0 Å². The van der Waals surface area contributed by atoms with Gasteiger partial charge >= 0.3 is 0 Å². The van der Waals surface area contributed by atoms with E-state index in [9.17, 15) is 5.11 Å². The predicted octanol–water partition coefficient (Wildman–Crippen LogP) is 4.14. The number of β-amino-alcohol motifs (C(OH)–C–C–N with tert-alkyl or cyclic N) is 1. The highest BCUT2D eigenvalue weighted by Crippen LogP contribution is 2.41. The molecule has 1 aliphatic carbocycles. The first kappa shape index (κ1) is 18.0. The summed E-state index contributed by atoms with van der Waals surface area (Å²) in [5.74, 6) is 1.76. The van der Waals surface area contributed by atoms with Crippen molar-refractivity contribution < 1.29 is 5.11 Å². The molecule has 0 bridgehead atoms. The lowest BCUT2D eigenvalue weighted by molar-refractivity contribution is 0.290. The summed E-state index contributed by atoms with van der Waals surface area (Å²) in [6.07, 6.45) is 6.56. The highest BCUT2D eigenvalue weighted by molar-refractivity contribution is 6.36. The van der Waals surface area contributed by atoms with Gasteiger partial charge in [-0.25, -0.2) is 0 Å². The van der Waals surface area contributed by atoms with Gasteiger partial charge in [0.2, 0.25) is 0 Å². The Balaban J connectivity index is 1.53. The number of aromatic nitrogens is 3. The number of nitrogens with zero attached hydrogens (tertiary/aromatic N) is 4. The molecule has 1 N–H and O–H groups in total. The molecule has 146 valence electrons. The largest absolute Gasteiger partial charge is 0.395 e. The number of pyridine rings is 1. The van der Waals surface area contributed by atoms with E-state index in [1.54, 1.807) is 0 Å². The SMILES string of the molecule is CC1(C)Cc2cc(-c3ccn4c(CC5CC5)nnc4c3Cl)ccc2N1CCO. The average molecular weight is 397 g/mol. The number of rotatable bonds is 5. The second kappa shape index (κ2) is 6.46. The zero-order valence-electron chi connectivity index (χ0n) is 16.3. The van der Waals surface area contributed by atoms with E-state index >= 15 is 0 Å². The number of hydrogen-bond acceptors (Lipinski definition) is 4. The van der Waals surface area contributed by atoms with Crippen LogP contribution in [0.5, 0.6) is 0 Å². The summed E-state index contributed by atoms with van der Waals surface area (Å²) in [6, 6.07) is 8.57. The van der Waals surface area contributed by atoms with Crippen molar-refractivity contribution >= 4 is 22.9 Å². The van der Waals surface area contributed by atoms with Gasteiger partial charge in [0.05, 0.1) is 11.6 Å². The maximum atomic E-state index is 9.44. The van der Waals surface area contributed by atoms with Crippen molar-refractivity contribution in [2.45, 2.75) is 45.1 Å². The van der Waals surface area contributed by atoms with Crippen LogP contribution in [0.25, 0.3) is 16.8 Å². The Kier molecular flexibility index (Phi) is 4.14. The molecule has 0 atom stereocenters. The molecule has 0 spiro atoms. The van der Waals surface area contributed by atoms with E-state index in [0.717, 1.165) is 41.4 Å². The van der Waals surface area contributed by atoms with Gasteiger partial charge in [0.1, 0.15) is 5.82 Å². The molecular formula is C22H25ClN4O. The van der Waals surface area contributed by atoms with Crippen LogP contribution in [0.15, 0.2) is 30.5 Å². The van der Waals surface area contributed by atoms with Crippen LogP contribution in [0.2, 0.25) is 5.02 Å². The smallest absolute Gasteiger partial charge is 0.180 e. The Hall–Kier alpha value is -2.11. The van der Waals surface area contributed by atoms with Crippen LogP contribution in [0.4, 0.5) is 5.69 Å². The van der Waals surface area contributed by atoms with Crippen LogP contribution in [-0.4, -0.2) is 38.4 Å². The molecule has 2 aromatic heterocycles. The quantitative estimate of drug-likeness (QED) is 0.704. The zero-order valence-corrected chi connectivity index (χ0v) is 17.1. The lowest BCUT2D eigenvalue weighted by Crippen LogP contribution is -2.42. The normalized spacial score (nSPS) is 18.1. The predicted molar refractivity (Wildman–Crippen MR) is 112 cm³/mol. The van der Waals surface area contributed by atoms with Gasteiger partial charge < -0.3 is 10.0 Å². The number of benzene rings is 1. The number of aliphatic hydroxyl groups is 1. The van der Waals surface area contributed by atoms with Crippen LogP contribution in [-0.2, 0) is 12.8 Å². The summed E-state index contributed by atoms with van der Waals surface area (Å²) in [7, 11) is 0. The number of aliphatic hydroxyl groups excluding tert-OH is 1. The summed E-state index contributed by atoms with van der Waals surface area (Å²) in [5.41, 5.74) is 5.32. The minimum Gasteiger partial charge on any atom is -0.395 e. The lowest BCUT2D eigenvalue weighted by Gasteiger charge is -2.33. The number of hydrogen-bond donors (Lipinski definition) is 1. The molecule has 0 unspecified atom stereocenters. The number of halogens is 1. The van der Waals surface area contributed by atoms with Crippen LogP contribution in [0.1, 0.15) is 38.1 Å². The Labute approximate surface area is 170 Å². The van der Waals surface area contributed by atoms with Crippen LogP contribution in [0.3, 0.4) is 0 Å². The first-order chi connectivity index (χ1) is 13.5. The Bertz CT molecular complexity index is 1050. The molecular weight excluding hydrogens is 372 g/mol. The van der Waals surface area contributed by atoms with E-state index < -0.39 is 0 Å². The van der Waals surface area contributed by atoms with Gasteiger partial charge in [-0.3, -0.25) is 4.40 Å². The van der Waals surface area contributed by atoms with E-state index in [1.165, 1.54) is 24.1 Å². The first-order valence-corrected chi connectivity index (χ1v) is 10.4. The minimum absolute atomic E-state index is 0.00214. The number of anilines is 1. The molecule has 6 heteroatoms. The van der Waals surface area contributed by atoms with E-state index in [4.69, 9.17) is 11.6 Å². The molecule has 3 aromatic rings. The zero-order chi connectivity index (χ0) is 19.5. The topological polar surface area (TPSA) is 53.7 Å². The first-order valence-electron chi connectivity index (χ1n) is 10.0. The summed E-state index contributed by atoms with van der Waals surface area (Å²) in [4.78, 5) is 2.29. The molecule has 0 saturated heterocycles. The molecule has 28 heavy (non-hydrogen) atoms. The molecule has 1 fully saturated rings. The van der Waals surface area contributed by atoms with Crippen molar-refractivity contribution in [1.82, 2.24) is 14.6 Å². The van der Waals surface area contributed by atoms with Crippen molar-refractivity contribution in [3.8, 4) is 11.1 Å². The molecule has 5 nitrogen and oxygen atoms in total. The van der Waals surface area contributed by atoms with E-state index in [1.807, 2.05) is 10.6 Å². The van der Waals surface area contributed by atoms with Crippen LogP contribution < -0.4 is 4.90 Å². The van der Waals surface area contributed by atoms with Gasteiger partial charge in [0.15, 0.2) is 5.65 Å². The number of fused-ring (bicyclic) bond motifs is 2. The fraction of sp³-hybridized carbons (Fsp3) is 0.455. The highest BCUT2D eigenvalue weighted by Gasteiger charge is 2.35. The summed E-state index contributed by atoms with van der Waals surface area (Å²) in [6.45, 7) is 5.25. The van der Waals surface area contributed by atoms with Crippen molar-refractivity contribution in [2.24, 2.45) is 5.92 Å². The Morgan fingerprint density at radius 2 is 2.04 bits per heavy atom. The second-order valence-electron chi connectivity index (χ2n) is 8.71. The lowest BCUT2D eigenvalue weighted by atomic mass is 9.97. The minimum atomic E-state index is 0.00214. The van der Waals surface area contributed by atoms with Crippen LogP contribution >= 0.6 is 11.6 Å². The second-order valence-corrected chi connectivity index (χ2v) is 9.09. The summed E-state index contributed by atoms with van der Waals surface area (Å²) in [5, 5.41) is 18.8. The molecule has 1 aromatic carbocycles. The van der Waals surface area contributed by atoms with Crippen molar-refractivity contribution in [2.75, 3.05) is 18.1 Å². The summed E-state index contributed by atoms with van der Waals surface area (Å²) >= 11 is 6.76. The average Bonchev–Trinajstić information content (AvgIpc) is 3.32. The van der Waals surface area contributed by atoms with Gasteiger partial charge in [0, 0.05) is 36.0 Å². The molecule has 0 amide bonds. The van der Waals surface area contributed by atoms with Gasteiger partial charge in [-0.15, -0.1) is 10.2 Å². The van der Waals surface area contributed by atoms with E-state index in [2.05, 4.69) is 53.2 Å². The fourth-order valence-electron chi connectivity index (χ4n) is 4.48. The molecule has 1 saturated carbocycles. The monoisotopic (exact) mass is 396 g/mol. The standard InChI is InChI=1S/C22H25ClN4O/c1-22(2)13-16-12-15(5-6-18(16)27(22)9-10-28)17-7-8-26-19(11-14-3-4-14)24-25-21(26)20(17)23/h5-8,12,14,28H,3-4,9-11,13H2,1-2H3. The van der Waals surface area contributed by atoms with E-state index in [-0.39, 0.29) is 12.1 Å². The molecule has 3 heterocycles. The van der Waals surface area contributed by atoms with Crippen molar-refractivity contribution in [3.05, 3.63) is 46.9 Å². The van der Waals surface area contributed by atoms with E-state index in [0.29, 0.717) is 11.6 Å².